The highest BCUT2D eigenvalue weighted by Crippen LogP contribution is 2.33. The van der Waals surface area contributed by atoms with Crippen molar-refractivity contribution in [1.82, 2.24) is 68.2 Å². The number of urea groups is 1. The number of aromatic nitrogens is 3. The Morgan fingerprint density at radius 2 is 1.37 bits per heavy atom. The van der Waals surface area contributed by atoms with Gasteiger partial charge in [-0.2, -0.15) is 11.8 Å². The van der Waals surface area contributed by atoms with E-state index < -0.39 is 103 Å². The third-order valence-corrected chi connectivity index (χ3v) is 16.3. The van der Waals surface area contributed by atoms with Gasteiger partial charge in [-0.15, -0.1) is 5.10 Å². The number of aliphatic hydroxyl groups is 1. The summed E-state index contributed by atoms with van der Waals surface area (Å²) in [6, 6.07) is 6.08. The maximum atomic E-state index is 14.8. The fourth-order valence-corrected chi connectivity index (χ4v) is 11.6. The van der Waals surface area contributed by atoms with Crippen LogP contribution in [0.5, 0.6) is 5.75 Å². The third kappa shape index (κ3) is 25.6. The fraction of sp³-hybridized carbons (Fsp3) is 0.569. The number of rotatable bonds is 27. The van der Waals surface area contributed by atoms with Gasteiger partial charge in [0.15, 0.2) is 5.96 Å². The zero-order valence-corrected chi connectivity index (χ0v) is 51.4. The number of nitrogens with one attached hydrogen (secondary N) is 10. The van der Waals surface area contributed by atoms with Gasteiger partial charge >= 0.3 is 6.03 Å². The molecule has 2 aromatic carbocycles. The van der Waals surface area contributed by atoms with Crippen LogP contribution in [0.3, 0.4) is 0 Å². The highest BCUT2D eigenvalue weighted by molar-refractivity contribution is 8.00. The number of aryl methyl sites for hydroxylation is 1. The molecule has 11 amide bonds. The van der Waals surface area contributed by atoms with Crippen molar-refractivity contribution in [3.8, 4) is 5.75 Å². The maximum Gasteiger partial charge on any atom is 0.315 e. The van der Waals surface area contributed by atoms with Crippen LogP contribution >= 0.6 is 11.8 Å². The van der Waals surface area contributed by atoms with Crippen LogP contribution in [0.25, 0.3) is 0 Å². The third-order valence-electron chi connectivity index (χ3n) is 14.8. The molecule has 1 aromatic heterocycles. The summed E-state index contributed by atoms with van der Waals surface area (Å²) < 4.78 is 18.2. The number of fused-ring (bicyclic) bond motifs is 3. The normalized spacial score (nSPS) is 23.0. The van der Waals surface area contributed by atoms with Crippen molar-refractivity contribution in [2.45, 2.75) is 137 Å². The molecule has 0 radical (unpaired) electrons. The van der Waals surface area contributed by atoms with E-state index in [0.717, 1.165) is 25.0 Å². The molecular weight excluding hydrogens is 1210 g/mol. The molecule has 3 aromatic rings. The molecule has 18 N–H and O–H groups in total. The number of aliphatic hydroxyl groups excluding tert-OH is 1. The van der Waals surface area contributed by atoms with E-state index in [-0.39, 0.29) is 126 Å². The van der Waals surface area contributed by atoms with Gasteiger partial charge < -0.3 is 94.8 Å². The largest absolute Gasteiger partial charge is 0.508 e. The molecule has 9 atom stereocenters. The number of nitrogens with two attached hydrogens (primary N) is 3. The number of phenolic OH excluding ortho intramolecular Hbond substituents is 1. The number of primary amides is 1. The first kappa shape index (κ1) is 71.4. The Labute approximate surface area is 529 Å². The van der Waals surface area contributed by atoms with Gasteiger partial charge in [-0.1, -0.05) is 54.1 Å². The number of unbranched alkanes of at least 4 members (excludes halogenated alkanes) is 1. The molecule has 91 heavy (non-hydrogen) atoms. The average molecular weight is 1290 g/mol. The summed E-state index contributed by atoms with van der Waals surface area (Å²) in [6.45, 7) is -0.839. The van der Waals surface area contributed by atoms with E-state index in [2.05, 4.69) is 68.5 Å². The number of benzene rings is 2. The maximum absolute atomic E-state index is 14.8. The molecule has 2 bridgehead atoms. The minimum absolute atomic E-state index is 0.0243. The van der Waals surface area contributed by atoms with Crippen molar-refractivity contribution < 1.29 is 72.4 Å². The average Bonchev–Trinajstić information content (AvgIpc) is 1.89. The Hall–Kier alpha value is -8.66. The summed E-state index contributed by atoms with van der Waals surface area (Å²) in [5.74, 6) is -6.44. The molecule has 4 heterocycles. The molecule has 2 fully saturated rings. The number of aromatic hydroxyl groups is 1. The van der Waals surface area contributed by atoms with Crippen LogP contribution in [0.15, 0.2) is 65.8 Å². The van der Waals surface area contributed by atoms with E-state index in [1.165, 1.54) is 35.1 Å². The lowest BCUT2D eigenvalue weighted by Crippen LogP contribution is -2.59. The molecule has 0 saturated carbocycles. The number of carbonyl (C=O) groups excluding carboxylic acids is 10. The molecule has 498 valence electrons. The Morgan fingerprint density at radius 3 is 2.08 bits per heavy atom. The smallest absolute Gasteiger partial charge is 0.315 e. The van der Waals surface area contributed by atoms with Crippen molar-refractivity contribution in [2.24, 2.45) is 22.2 Å². The number of ether oxygens (including phenoxy) is 3. The van der Waals surface area contributed by atoms with Gasteiger partial charge in [0, 0.05) is 62.5 Å². The van der Waals surface area contributed by atoms with Crippen LogP contribution in [-0.2, 0) is 83.2 Å². The van der Waals surface area contributed by atoms with E-state index in [1.54, 1.807) is 30.3 Å². The molecule has 32 nitrogen and oxygen atoms in total. The highest BCUT2D eigenvalue weighted by atomic mass is 32.2. The topological polar surface area (TPSA) is 480 Å². The minimum atomic E-state index is -1.57. The number of hydrogen-bond acceptors (Lipinski definition) is 19. The summed E-state index contributed by atoms with van der Waals surface area (Å²) in [5, 5.41) is 55.7. The van der Waals surface area contributed by atoms with Crippen LogP contribution in [0.2, 0.25) is 0 Å². The summed E-state index contributed by atoms with van der Waals surface area (Å²) in [6.07, 6.45) is 4.61. The number of aliphatic imine (C=N–C) groups is 1. The standard InChI is InChI=1S/C58H85N17O15S/c59-51(81)39-11-6-7-21-75-31-37(73-74-75)29-43(65-49(80)33-90-26-25-89-24-23-88-22-20-62-47(78)14-5-4-13-46-50-45(34-91-46)71-58(87)72-50)55(85)70-42(28-36-15-17-38(77)18-16-36)54(84)69-41(27-35-9-2-1-3-10-35)53(83)68-40(12-8-19-63-57(60)61)52(82)64-30-48(79)66-44(32-76)56(86)67-39/h1-3,9-10,15-18,31,39-46,50,76-77H,4-8,11-14,19-30,32-34H2,(H2,59,81)(H,62,78)(H,64,82)(H,65,80)(H,66,79)(H,67,86)(H,68,83)(H,69,84)(H,70,85)(H4,60,61,63)(H2,71,72,87)/t39-,40?,41+,42+,43-,44+,45+,46?,50+/m0/s1. The lowest BCUT2D eigenvalue weighted by molar-refractivity contribution is -0.135. The Bertz CT molecular complexity index is 2920. The summed E-state index contributed by atoms with van der Waals surface area (Å²) in [4.78, 5) is 138. The van der Waals surface area contributed by atoms with Gasteiger partial charge in [0.05, 0.1) is 64.0 Å². The number of nitrogens with zero attached hydrogens (tertiary/aromatic N) is 4. The Balaban J connectivity index is 1.11. The second-order valence-corrected chi connectivity index (χ2v) is 23.2. The minimum Gasteiger partial charge on any atom is -0.508 e. The Morgan fingerprint density at radius 1 is 0.703 bits per heavy atom. The van der Waals surface area contributed by atoms with Crippen molar-refractivity contribution >= 4 is 76.9 Å². The van der Waals surface area contributed by atoms with Crippen LogP contribution < -0.4 is 70.4 Å². The number of carbonyl (C=O) groups is 10. The van der Waals surface area contributed by atoms with Crippen LogP contribution in [0, 0.1) is 0 Å². The van der Waals surface area contributed by atoms with Gasteiger partial charge in [0.25, 0.3) is 0 Å². The van der Waals surface area contributed by atoms with E-state index in [0.29, 0.717) is 42.2 Å². The number of thioether (sulfide) groups is 1. The lowest BCUT2D eigenvalue weighted by Gasteiger charge is -2.27. The van der Waals surface area contributed by atoms with E-state index >= 15 is 0 Å². The molecule has 2 unspecified atom stereocenters. The van der Waals surface area contributed by atoms with Gasteiger partial charge in [0.1, 0.15) is 48.6 Å². The molecule has 2 saturated heterocycles. The first-order chi connectivity index (χ1) is 43.8. The SMILES string of the molecule is NC(=O)[C@@H]1CCCCn2cc(nn2)C[C@H](NC(=O)COCCOCCOCCNC(=O)CCCCC2SC[C@H]3NC(=O)N[C@@H]23)C(=O)N[C@H](Cc2ccc(O)cc2)C(=O)N[C@H](Cc2ccccc2)C(=O)NC(CCCN=C(N)N)C(=O)NCC(=O)N[C@H](CO)C(=O)N1. The number of hydrogen-bond donors (Lipinski definition) is 15. The van der Waals surface area contributed by atoms with Gasteiger partial charge in [0.2, 0.25) is 53.2 Å². The molecule has 0 aliphatic carbocycles. The van der Waals surface area contributed by atoms with Crippen LogP contribution in [-0.4, -0.2) is 216 Å². The molecular formula is C58H85N17O15S. The van der Waals surface area contributed by atoms with Crippen molar-refractivity contribution in [2.75, 3.05) is 71.6 Å². The van der Waals surface area contributed by atoms with Crippen molar-refractivity contribution in [1.29, 1.82) is 0 Å². The van der Waals surface area contributed by atoms with Crippen LogP contribution in [0.1, 0.15) is 74.6 Å². The highest BCUT2D eigenvalue weighted by Gasteiger charge is 2.42. The zero-order chi connectivity index (χ0) is 65.5. The van der Waals surface area contributed by atoms with Crippen molar-refractivity contribution in [3.63, 3.8) is 0 Å². The summed E-state index contributed by atoms with van der Waals surface area (Å²) >= 11 is 1.84. The predicted octanol–water partition coefficient (Wildman–Crippen LogP) is -4.36. The number of phenols is 1. The van der Waals surface area contributed by atoms with Gasteiger partial charge in [-0.05, 0) is 68.2 Å². The summed E-state index contributed by atoms with van der Waals surface area (Å²) in [5.41, 5.74) is 17.9. The summed E-state index contributed by atoms with van der Waals surface area (Å²) in [7, 11) is 0. The zero-order valence-electron chi connectivity index (χ0n) is 50.6. The van der Waals surface area contributed by atoms with Gasteiger partial charge in [-0.3, -0.25) is 52.8 Å². The predicted molar refractivity (Wildman–Crippen MR) is 330 cm³/mol. The molecule has 0 spiro atoms. The first-order valence-electron chi connectivity index (χ1n) is 30.3. The molecule has 6 rings (SSSR count). The molecule has 3 aliphatic heterocycles. The van der Waals surface area contributed by atoms with Crippen LogP contribution in [0.4, 0.5) is 4.79 Å². The lowest BCUT2D eigenvalue weighted by atomic mass is 10.0. The molecule has 33 heteroatoms. The second kappa shape index (κ2) is 38.1. The molecule has 3 aliphatic rings. The van der Waals surface area contributed by atoms with E-state index in [9.17, 15) is 58.2 Å². The first-order valence-corrected chi connectivity index (χ1v) is 31.3. The van der Waals surface area contributed by atoms with Crippen molar-refractivity contribution in [3.05, 3.63) is 77.6 Å². The van der Waals surface area contributed by atoms with E-state index in [4.69, 9.17) is 31.4 Å². The fourth-order valence-electron chi connectivity index (χ4n) is 10.1. The monoisotopic (exact) mass is 1290 g/mol. The van der Waals surface area contributed by atoms with E-state index in [1.807, 2.05) is 11.8 Å². The number of guanidine groups is 1. The Kier molecular flexibility index (Phi) is 29.9. The second-order valence-electron chi connectivity index (χ2n) is 22.0. The van der Waals surface area contributed by atoms with Gasteiger partial charge in [-0.25, -0.2) is 4.79 Å². The quantitative estimate of drug-likeness (QED) is 0.0148. The number of amides is 11.